The third-order valence-corrected chi connectivity index (χ3v) is 3.56. The molecule has 0 spiro atoms. The number of nitrogens with zero attached hydrogens (tertiary/aromatic N) is 3. The van der Waals surface area contributed by atoms with Crippen molar-refractivity contribution in [2.24, 2.45) is 7.05 Å². The van der Waals surface area contributed by atoms with Gasteiger partial charge in [-0.1, -0.05) is 0 Å². The van der Waals surface area contributed by atoms with Gasteiger partial charge in [-0.05, 0) is 15.9 Å². The summed E-state index contributed by atoms with van der Waals surface area (Å²) in [6, 6.07) is 0. The molecule has 0 saturated carbocycles. The van der Waals surface area contributed by atoms with Crippen LogP contribution in [-0.2, 0) is 13.6 Å². The van der Waals surface area contributed by atoms with Gasteiger partial charge in [0.25, 0.3) is 0 Å². The Morgan fingerprint density at radius 2 is 2.21 bits per heavy atom. The van der Waals surface area contributed by atoms with Crippen molar-refractivity contribution in [3.63, 3.8) is 0 Å². The SMILES string of the molecule is Cn1ncc(CN2CCNCC2)c1Br. The minimum atomic E-state index is 0.996. The monoisotopic (exact) mass is 258 g/mol. The van der Waals surface area contributed by atoms with Gasteiger partial charge in [0.1, 0.15) is 4.60 Å². The number of aryl methyl sites for hydroxylation is 1. The summed E-state index contributed by atoms with van der Waals surface area (Å²) >= 11 is 3.54. The normalized spacial score (nSPS) is 18.7. The van der Waals surface area contributed by atoms with Gasteiger partial charge in [0, 0.05) is 45.3 Å². The Balaban J connectivity index is 1.99. The molecule has 0 atom stereocenters. The van der Waals surface area contributed by atoms with E-state index in [1.54, 1.807) is 0 Å². The third-order valence-electron chi connectivity index (χ3n) is 2.54. The number of aromatic nitrogens is 2. The van der Waals surface area contributed by atoms with Crippen molar-refractivity contribution in [2.75, 3.05) is 26.2 Å². The van der Waals surface area contributed by atoms with Crippen LogP contribution in [0.2, 0.25) is 0 Å². The molecule has 1 fully saturated rings. The molecule has 1 saturated heterocycles. The summed E-state index contributed by atoms with van der Waals surface area (Å²) in [5.74, 6) is 0. The standard InChI is InChI=1S/C9H15BrN4/c1-13-9(10)8(6-12-13)7-14-4-2-11-3-5-14/h6,11H,2-5,7H2,1H3. The van der Waals surface area contributed by atoms with Crippen LogP contribution in [0, 0.1) is 0 Å². The van der Waals surface area contributed by atoms with Gasteiger partial charge in [-0.2, -0.15) is 5.10 Å². The van der Waals surface area contributed by atoms with Crippen molar-refractivity contribution in [1.29, 1.82) is 0 Å². The highest BCUT2D eigenvalue weighted by Crippen LogP contribution is 2.16. The largest absolute Gasteiger partial charge is 0.314 e. The Bertz CT molecular complexity index is 304. The van der Waals surface area contributed by atoms with Crippen molar-refractivity contribution >= 4 is 15.9 Å². The Labute approximate surface area is 92.4 Å². The highest BCUT2D eigenvalue weighted by molar-refractivity contribution is 9.10. The zero-order chi connectivity index (χ0) is 9.97. The Morgan fingerprint density at radius 1 is 1.50 bits per heavy atom. The fourth-order valence-corrected chi connectivity index (χ4v) is 2.00. The topological polar surface area (TPSA) is 33.1 Å². The molecule has 78 valence electrons. The first kappa shape index (κ1) is 10.1. The molecule has 0 aromatic carbocycles. The first-order chi connectivity index (χ1) is 6.77. The number of halogens is 1. The molecule has 2 heterocycles. The number of piperazine rings is 1. The van der Waals surface area contributed by atoms with E-state index in [9.17, 15) is 0 Å². The number of hydrogen-bond acceptors (Lipinski definition) is 3. The zero-order valence-corrected chi connectivity index (χ0v) is 9.92. The van der Waals surface area contributed by atoms with Gasteiger partial charge in [-0.15, -0.1) is 0 Å². The second-order valence-electron chi connectivity index (χ2n) is 3.61. The molecule has 4 nitrogen and oxygen atoms in total. The van der Waals surface area contributed by atoms with E-state index in [2.05, 4.69) is 31.2 Å². The minimum Gasteiger partial charge on any atom is -0.314 e. The molecule has 14 heavy (non-hydrogen) atoms. The molecule has 0 radical (unpaired) electrons. The van der Waals surface area contributed by atoms with E-state index < -0.39 is 0 Å². The molecule has 0 amide bonds. The summed E-state index contributed by atoms with van der Waals surface area (Å²) in [7, 11) is 1.95. The molecular formula is C9H15BrN4. The van der Waals surface area contributed by atoms with Gasteiger partial charge < -0.3 is 5.32 Å². The fourth-order valence-electron chi connectivity index (χ4n) is 1.68. The molecule has 1 aliphatic rings. The van der Waals surface area contributed by atoms with E-state index in [-0.39, 0.29) is 0 Å². The maximum Gasteiger partial charge on any atom is 0.108 e. The average molecular weight is 259 g/mol. The molecular weight excluding hydrogens is 244 g/mol. The molecule has 2 rings (SSSR count). The second kappa shape index (κ2) is 4.42. The lowest BCUT2D eigenvalue weighted by atomic mass is 10.3. The van der Waals surface area contributed by atoms with Crippen LogP contribution in [0.3, 0.4) is 0 Å². The maximum atomic E-state index is 4.21. The highest BCUT2D eigenvalue weighted by atomic mass is 79.9. The van der Waals surface area contributed by atoms with E-state index in [0.29, 0.717) is 0 Å². The lowest BCUT2D eigenvalue weighted by Gasteiger charge is -2.26. The summed E-state index contributed by atoms with van der Waals surface area (Å²) in [5.41, 5.74) is 1.27. The number of nitrogens with one attached hydrogen (secondary N) is 1. The summed E-state index contributed by atoms with van der Waals surface area (Å²) in [6.45, 7) is 5.44. The zero-order valence-electron chi connectivity index (χ0n) is 8.33. The van der Waals surface area contributed by atoms with Gasteiger partial charge in [-0.3, -0.25) is 9.58 Å². The van der Waals surface area contributed by atoms with Crippen LogP contribution in [-0.4, -0.2) is 40.9 Å². The Kier molecular flexibility index (Phi) is 3.20. The second-order valence-corrected chi connectivity index (χ2v) is 4.36. The van der Waals surface area contributed by atoms with Crippen molar-refractivity contribution in [1.82, 2.24) is 20.0 Å². The van der Waals surface area contributed by atoms with Crippen molar-refractivity contribution in [3.05, 3.63) is 16.4 Å². The predicted octanol–water partition coefficient (Wildman–Crippen LogP) is 0.588. The van der Waals surface area contributed by atoms with E-state index >= 15 is 0 Å². The number of hydrogen-bond donors (Lipinski definition) is 1. The molecule has 1 aromatic rings. The Morgan fingerprint density at radius 3 is 2.79 bits per heavy atom. The van der Waals surface area contributed by atoms with Crippen LogP contribution >= 0.6 is 15.9 Å². The predicted molar refractivity (Wildman–Crippen MR) is 59.1 cm³/mol. The minimum absolute atomic E-state index is 0.996. The van der Waals surface area contributed by atoms with Gasteiger partial charge in [0.15, 0.2) is 0 Å². The van der Waals surface area contributed by atoms with E-state index in [4.69, 9.17) is 0 Å². The Hall–Kier alpha value is -0.390. The lowest BCUT2D eigenvalue weighted by molar-refractivity contribution is 0.233. The molecule has 0 unspecified atom stereocenters. The van der Waals surface area contributed by atoms with Crippen LogP contribution in [0.1, 0.15) is 5.56 Å². The van der Waals surface area contributed by atoms with Gasteiger partial charge >= 0.3 is 0 Å². The fraction of sp³-hybridized carbons (Fsp3) is 0.667. The number of rotatable bonds is 2. The van der Waals surface area contributed by atoms with Crippen molar-refractivity contribution < 1.29 is 0 Å². The van der Waals surface area contributed by atoms with E-state index in [0.717, 1.165) is 37.3 Å². The van der Waals surface area contributed by atoms with Crippen LogP contribution in [0.25, 0.3) is 0 Å². The van der Waals surface area contributed by atoms with Crippen LogP contribution < -0.4 is 5.32 Å². The summed E-state index contributed by atoms with van der Waals surface area (Å²) in [5, 5.41) is 7.56. The smallest absolute Gasteiger partial charge is 0.108 e. The molecule has 0 bridgehead atoms. The average Bonchev–Trinajstić information content (AvgIpc) is 2.52. The molecule has 1 aliphatic heterocycles. The van der Waals surface area contributed by atoms with Crippen LogP contribution in [0.5, 0.6) is 0 Å². The maximum absolute atomic E-state index is 4.21. The van der Waals surface area contributed by atoms with Crippen LogP contribution in [0.15, 0.2) is 10.8 Å². The summed E-state index contributed by atoms with van der Waals surface area (Å²) in [6.07, 6.45) is 1.94. The van der Waals surface area contributed by atoms with Crippen molar-refractivity contribution in [2.45, 2.75) is 6.54 Å². The van der Waals surface area contributed by atoms with Gasteiger partial charge in [0.2, 0.25) is 0 Å². The molecule has 0 aliphatic carbocycles. The molecule has 5 heteroatoms. The summed E-state index contributed by atoms with van der Waals surface area (Å²) in [4.78, 5) is 2.44. The first-order valence-electron chi connectivity index (χ1n) is 4.87. The first-order valence-corrected chi connectivity index (χ1v) is 5.66. The lowest BCUT2D eigenvalue weighted by Crippen LogP contribution is -2.42. The van der Waals surface area contributed by atoms with E-state index in [1.165, 1.54) is 5.56 Å². The highest BCUT2D eigenvalue weighted by Gasteiger charge is 2.13. The molecule has 1 N–H and O–H groups in total. The summed E-state index contributed by atoms with van der Waals surface area (Å²) < 4.78 is 2.95. The van der Waals surface area contributed by atoms with Crippen molar-refractivity contribution in [3.8, 4) is 0 Å². The third kappa shape index (κ3) is 2.16. The van der Waals surface area contributed by atoms with Crippen LogP contribution in [0.4, 0.5) is 0 Å². The molecule has 1 aromatic heterocycles. The van der Waals surface area contributed by atoms with Gasteiger partial charge in [-0.25, -0.2) is 0 Å². The quantitative estimate of drug-likeness (QED) is 0.843. The van der Waals surface area contributed by atoms with Gasteiger partial charge in [0.05, 0.1) is 6.20 Å². The van der Waals surface area contributed by atoms with E-state index in [1.807, 2.05) is 17.9 Å².